The summed E-state index contributed by atoms with van der Waals surface area (Å²) in [5.41, 5.74) is 1.40. The van der Waals surface area contributed by atoms with Crippen LogP contribution >= 0.6 is 22.9 Å². The Kier molecular flexibility index (Phi) is 2.99. The van der Waals surface area contributed by atoms with Gasteiger partial charge in [-0.15, -0.1) is 0 Å². The number of nitrogens with one attached hydrogen (secondary N) is 1. The van der Waals surface area contributed by atoms with E-state index in [2.05, 4.69) is 24.1 Å². The normalized spacial score (nSPS) is 22.5. The van der Waals surface area contributed by atoms with Crippen molar-refractivity contribution in [3.8, 4) is 0 Å². The van der Waals surface area contributed by atoms with Crippen LogP contribution in [0.2, 0.25) is 5.02 Å². The summed E-state index contributed by atoms with van der Waals surface area (Å²) in [5.74, 6) is 0. The Bertz CT molecular complexity index is 576. The molecule has 2 aromatic rings. The molecule has 0 amide bonds. The smallest absolute Gasteiger partial charge is 0.184 e. The zero-order valence-electron chi connectivity index (χ0n) is 10.7. The third kappa shape index (κ3) is 2.21. The second kappa shape index (κ2) is 4.39. The van der Waals surface area contributed by atoms with Crippen molar-refractivity contribution in [3.63, 3.8) is 0 Å². The summed E-state index contributed by atoms with van der Waals surface area (Å²) < 4.78 is 1.15. The predicted octanol–water partition coefficient (Wildman–Crippen LogP) is 4.94. The number of rotatable bonds is 2. The van der Waals surface area contributed by atoms with E-state index in [1.165, 1.54) is 19.3 Å². The lowest BCUT2D eigenvalue weighted by Crippen LogP contribution is -2.30. The molecule has 1 N–H and O–H groups in total. The highest BCUT2D eigenvalue weighted by Gasteiger charge is 2.34. The van der Waals surface area contributed by atoms with Crippen molar-refractivity contribution in [1.29, 1.82) is 0 Å². The van der Waals surface area contributed by atoms with E-state index in [1.807, 2.05) is 18.2 Å². The lowest BCUT2D eigenvalue weighted by molar-refractivity contribution is 0.350. The second-order valence-corrected chi connectivity index (χ2v) is 7.18. The Labute approximate surface area is 116 Å². The largest absolute Gasteiger partial charge is 0.358 e. The van der Waals surface area contributed by atoms with Crippen molar-refractivity contribution < 1.29 is 0 Å². The van der Waals surface area contributed by atoms with E-state index >= 15 is 0 Å². The molecule has 1 aliphatic carbocycles. The van der Waals surface area contributed by atoms with Crippen LogP contribution in [0, 0.1) is 5.41 Å². The number of benzene rings is 1. The molecular weight excluding hydrogens is 264 g/mol. The fourth-order valence-corrected chi connectivity index (χ4v) is 3.90. The number of nitrogens with zero attached hydrogens (tertiary/aromatic N) is 1. The molecule has 96 valence electrons. The Morgan fingerprint density at radius 3 is 3.00 bits per heavy atom. The van der Waals surface area contributed by atoms with Gasteiger partial charge in [0, 0.05) is 11.1 Å². The molecule has 18 heavy (non-hydrogen) atoms. The fourth-order valence-electron chi connectivity index (χ4n) is 2.70. The maximum Gasteiger partial charge on any atom is 0.184 e. The molecule has 0 radical (unpaired) electrons. The molecule has 0 spiro atoms. The number of anilines is 1. The van der Waals surface area contributed by atoms with Crippen LogP contribution in [-0.2, 0) is 0 Å². The minimum atomic E-state index is 0.371. The van der Waals surface area contributed by atoms with Gasteiger partial charge in [0.15, 0.2) is 5.13 Å². The highest BCUT2D eigenvalue weighted by Crippen LogP contribution is 2.40. The van der Waals surface area contributed by atoms with Gasteiger partial charge in [0.1, 0.15) is 0 Å². The summed E-state index contributed by atoms with van der Waals surface area (Å²) in [6.07, 6.45) is 3.84. The van der Waals surface area contributed by atoms with Crippen molar-refractivity contribution >= 4 is 38.3 Å². The van der Waals surface area contributed by atoms with E-state index in [0.717, 1.165) is 20.4 Å². The van der Waals surface area contributed by atoms with Gasteiger partial charge in [0.25, 0.3) is 0 Å². The summed E-state index contributed by atoms with van der Waals surface area (Å²) >= 11 is 7.69. The van der Waals surface area contributed by atoms with Crippen LogP contribution in [0.25, 0.3) is 10.2 Å². The van der Waals surface area contributed by atoms with Crippen LogP contribution in [0.3, 0.4) is 0 Å². The predicted molar refractivity (Wildman–Crippen MR) is 79.7 cm³/mol. The van der Waals surface area contributed by atoms with Gasteiger partial charge in [-0.1, -0.05) is 43.2 Å². The minimum absolute atomic E-state index is 0.371. The van der Waals surface area contributed by atoms with Crippen LogP contribution in [0.15, 0.2) is 18.2 Å². The number of thiazole rings is 1. The molecule has 1 atom stereocenters. The van der Waals surface area contributed by atoms with Crippen molar-refractivity contribution in [2.75, 3.05) is 5.32 Å². The van der Waals surface area contributed by atoms with Gasteiger partial charge < -0.3 is 5.32 Å². The van der Waals surface area contributed by atoms with Crippen LogP contribution in [-0.4, -0.2) is 11.0 Å². The molecule has 0 saturated heterocycles. The molecule has 1 saturated carbocycles. The van der Waals surface area contributed by atoms with Gasteiger partial charge in [-0.2, -0.15) is 0 Å². The molecule has 1 aromatic carbocycles. The number of fused-ring (bicyclic) bond motifs is 1. The lowest BCUT2D eigenvalue weighted by Gasteiger charge is -2.27. The quantitative estimate of drug-likeness (QED) is 0.843. The molecule has 0 aliphatic heterocycles. The van der Waals surface area contributed by atoms with Gasteiger partial charge in [-0.3, -0.25) is 0 Å². The van der Waals surface area contributed by atoms with E-state index in [4.69, 9.17) is 11.6 Å². The van der Waals surface area contributed by atoms with E-state index in [1.54, 1.807) is 11.3 Å². The number of aromatic nitrogens is 1. The van der Waals surface area contributed by atoms with E-state index < -0.39 is 0 Å². The third-order valence-electron chi connectivity index (χ3n) is 3.91. The van der Waals surface area contributed by atoms with E-state index in [9.17, 15) is 0 Å². The zero-order chi connectivity index (χ0) is 12.8. The molecule has 1 heterocycles. The maximum absolute atomic E-state index is 6.00. The number of halogens is 1. The molecule has 0 bridgehead atoms. The molecule has 1 aliphatic rings. The van der Waals surface area contributed by atoms with Gasteiger partial charge in [0.05, 0.1) is 10.2 Å². The Morgan fingerprint density at radius 1 is 1.44 bits per heavy atom. The molecule has 1 unspecified atom stereocenters. The van der Waals surface area contributed by atoms with Gasteiger partial charge >= 0.3 is 0 Å². The van der Waals surface area contributed by atoms with Gasteiger partial charge in [-0.25, -0.2) is 4.98 Å². The molecule has 1 fully saturated rings. The van der Waals surface area contributed by atoms with Gasteiger partial charge in [0.2, 0.25) is 0 Å². The second-order valence-electron chi connectivity index (χ2n) is 5.71. The number of hydrogen-bond acceptors (Lipinski definition) is 3. The Morgan fingerprint density at radius 2 is 2.28 bits per heavy atom. The topological polar surface area (TPSA) is 24.9 Å². The Balaban J connectivity index is 1.87. The maximum atomic E-state index is 6.00. The first-order valence-corrected chi connectivity index (χ1v) is 7.57. The van der Waals surface area contributed by atoms with Crippen LogP contribution in [0.1, 0.15) is 33.1 Å². The zero-order valence-corrected chi connectivity index (χ0v) is 12.2. The van der Waals surface area contributed by atoms with E-state index in [0.29, 0.717) is 11.5 Å². The summed E-state index contributed by atoms with van der Waals surface area (Å²) in [7, 11) is 0. The Hall–Kier alpha value is -0.800. The summed E-state index contributed by atoms with van der Waals surface area (Å²) in [5, 5.41) is 5.40. The molecule has 3 rings (SSSR count). The highest BCUT2D eigenvalue weighted by atomic mass is 35.5. The standard InChI is InChI=1S/C14H17ClN2S/c1-14(2)7-3-4-12(14)17-13-16-10-6-5-9(15)8-11(10)18-13/h5-6,8,12H,3-4,7H2,1-2H3,(H,16,17). The lowest BCUT2D eigenvalue weighted by atomic mass is 9.87. The van der Waals surface area contributed by atoms with Crippen molar-refractivity contribution in [2.45, 2.75) is 39.2 Å². The summed E-state index contributed by atoms with van der Waals surface area (Å²) in [4.78, 5) is 4.63. The molecular formula is C14H17ClN2S. The molecule has 2 nitrogen and oxygen atoms in total. The number of hydrogen-bond donors (Lipinski definition) is 1. The summed E-state index contributed by atoms with van der Waals surface area (Å²) in [6.45, 7) is 4.67. The van der Waals surface area contributed by atoms with Crippen LogP contribution in [0.5, 0.6) is 0 Å². The average molecular weight is 281 g/mol. The van der Waals surface area contributed by atoms with Crippen molar-refractivity contribution in [3.05, 3.63) is 23.2 Å². The first kappa shape index (κ1) is 12.2. The monoisotopic (exact) mass is 280 g/mol. The first-order chi connectivity index (χ1) is 8.54. The van der Waals surface area contributed by atoms with Gasteiger partial charge in [-0.05, 0) is 36.5 Å². The average Bonchev–Trinajstić information content (AvgIpc) is 2.82. The highest BCUT2D eigenvalue weighted by molar-refractivity contribution is 7.22. The first-order valence-electron chi connectivity index (χ1n) is 6.37. The van der Waals surface area contributed by atoms with Crippen LogP contribution in [0.4, 0.5) is 5.13 Å². The third-order valence-corrected chi connectivity index (χ3v) is 5.09. The fraction of sp³-hybridized carbons (Fsp3) is 0.500. The van der Waals surface area contributed by atoms with E-state index in [-0.39, 0.29) is 0 Å². The van der Waals surface area contributed by atoms with Crippen LogP contribution < -0.4 is 5.32 Å². The van der Waals surface area contributed by atoms with Crippen molar-refractivity contribution in [1.82, 2.24) is 4.98 Å². The SMILES string of the molecule is CC1(C)CCCC1Nc1nc2ccc(Cl)cc2s1. The van der Waals surface area contributed by atoms with Crippen molar-refractivity contribution in [2.24, 2.45) is 5.41 Å². The molecule has 4 heteroatoms. The molecule has 1 aromatic heterocycles. The summed E-state index contributed by atoms with van der Waals surface area (Å²) in [6, 6.07) is 6.40. The minimum Gasteiger partial charge on any atom is -0.358 e.